The van der Waals surface area contributed by atoms with Gasteiger partial charge < -0.3 is 5.21 Å². The summed E-state index contributed by atoms with van der Waals surface area (Å²) in [5.41, 5.74) is 2.97. The Morgan fingerprint density at radius 2 is 1.52 bits per heavy atom. The molecule has 1 heterocycles. The summed E-state index contributed by atoms with van der Waals surface area (Å²) < 4.78 is 2.08. The summed E-state index contributed by atoms with van der Waals surface area (Å²) in [6, 6.07) is 20.4. The lowest BCUT2D eigenvalue weighted by Gasteiger charge is -2.13. The molecule has 0 unspecified atom stereocenters. The molecule has 0 atom stereocenters. The molecule has 0 N–H and O–H groups in total. The maximum absolute atomic E-state index is 12.6. The van der Waals surface area contributed by atoms with Crippen molar-refractivity contribution in [3.63, 3.8) is 0 Å². The first-order chi connectivity index (χ1) is 11.2. The number of hydrogen-bond acceptors (Lipinski definition) is 1. The number of nitrogens with zero attached hydrogens (tertiary/aromatic N) is 1. The van der Waals surface area contributed by atoms with Gasteiger partial charge in [-0.15, -0.1) is 0 Å². The number of aryl methyl sites for hydroxylation is 1. The van der Waals surface area contributed by atoms with Gasteiger partial charge in [-0.3, -0.25) is 0 Å². The van der Waals surface area contributed by atoms with Gasteiger partial charge in [-0.05, 0) is 63.4 Å². The summed E-state index contributed by atoms with van der Waals surface area (Å²) in [6.45, 7) is 2.11. The molecule has 112 valence electrons. The van der Waals surface area contributed by atoms with Crippen LogP contribution in [0, 0.1) is 15.7 Å². The van der Waals surface area contributed by atoms with E-state index in [-0.39, 0.29) is 0 Å². The molecule has 0 radical (unpaired) electrons. The third-order valence-corrected chi connectivity index (χ3v) is 5.12. The van der Waals surface area contributed by atoms with Crippen LogP contribution in [-0.2, 0) is 0 Å². The maximum Gasteiger partial charge on any atom is 0.233 e. The van der Waals surface area contributed by atoms with Crippen LogP contribution >= 0.6 is 22.6 Å². The molecule has 0 fully saturated rings. The molecule has 0 bridgehead atoms. The number of rotatable bonds is 1. The van der Waals surface area contributed by atoms with Gasteiger partial charge in [0, 0.05) is 9.64 Å². The second kappa shape index (κ2) is 5.49. The Kier molecular flexibility index (Phi) is 3.45. The van der Waals surface area contributed by atoms with Gasteiger partial charge in [-0.2, -0.15) is 4.73 Å². The minimum Gasteiger partial charge on any atom is -0.618 e. The maximum atomic E-state index is 12.6. The standard InChI is InChI=1S/C20H14INO/c1-13-12-18(21)19(17-9-5-4-7-15(13)17)20-16-8-3-2-6-14(16)10-11-22(20)23/h2-12H,1H3. The minimum atomic E-state index is 0.726. The molecule has 0 aliphatic carbocycles. The van der Waals surface area contributed by atoms with Crippen molar-refractivity contribution in [1.29, 1.82) is 0 Å². The number of hydrogen-bond donors (Lipinski definition) is 0. The zero-order valence-corrected chi connectivity index (χ0v) is 14.7. The predicted molar refractivity (Wildman–Crippen MR) is 103 cm³/mol. The van der Waals surface area contributed by atoms with E-state index in [1.54, 1.807) is 6.20 Å². The van der Waals surface area contributed by atoms with Crippen LogP contribution in [0.1, 0.15) is 5.56 Å². The van der Waals surface area contributed by atoms with Crippen LogP contribution in [0.15, 0.2) is 66.9 Å². The van der Waals surface area contributed by atoms with Gasteiger partial charge in [0.15, 0.2) is 6.20 Å². The Labute approximate surface area is 148 Å². The van der Waals surface area contributed by atoms with Crippen molar-refractivity contribution in [3.05, 3.63) is 81.2 Å². The molecule has 0 aliphatic rings. The molecule has 3 aromatic carbocycles. The normalized spacial score (nSPS) is 11.2. The van der Waals surface area contributed by atoms with Crippen molar-refractivity contribution < 1.29 is 4.73 Å². The minimum absolute atomic E-state index is 0.726. The van der Waals surface area contributed by atoms with Crippen LogP contribution in [0.5, 0.6) is 0 Å². The topological polar surface area (TPSA) is 26.9 Å². The van der Waals surface area contributed by atoms with Crippen molar-refractivity contribution >= 4 is 44.1 Å². The lowest BCUT2D eigenvalue weighted by atomic mass is 9.95. The highest BCUT2D eigenvalue weighted by atomic mass is 127. The van der Waals surface area contributed by atoms with Gasteiger partial charge in [0.05, 0.1) is 10.9 Å². The van der Waals surface area contributed by atoms with E-state index in [1.165, 1.54) is 10.9 Å². The quantitative estimate of drug-likeness (QED) is 0.240. The first-order valence-electron chi connectivity index (χ1n) is 7.46. The van der Waals surface area contributed by atoms with Crippen molar-refractivity contribution in [2.24, 2.45) is 0 Å². The van der Waals surface area contributed by atoms with Gasteiger partial charge in [0.1, 0.15) is 0 Å². The first-order valence-corrected chi connectivity index (χ1v) is 8.54. The second-order valence-corrected chi connectivity index (χ2v) is 6.84. The van der Waals surface area contributed by atoms with Crippen molar-refractivity contribution in [2.45, 2.75) is 6.92 Å². The summed E-state index contributed by atoms with van der Waals surface area (Å²) in [5.74, 6) is 0. The third kappa shape index (κ3) is 2.27. The van der Waals surface area contributed by atoms with Gasteiger partial charge in [0.25, 0.3) is 0 Å². The summed E-state index contributed by atoms with van der Waals surface area (Å²) in [6.07, 6.45) is 1.60. The molecule has 0 aliphatic heterocycles. The van der Waals surface area contributed by atoms with Gasteiger partial charge >= 0.3 is 0 Å². The van der Waals surface area contributed by atoms with Crippen molar-refractivity contribution in [1.82, 2.24) is 0 Å². The number of aromatic nitrogens is 1. The highest BCUT2D eigenvalue weighted by molar-refractivity contribution is 14.1. The summed E-state index contributed by atoms with van der Waals surface area (Å²) >= 11 is 2.33. The lowest BCUT2D eigenvalue weighted by molar-refractivity contribution is -0.592. The second-order valence-electron chi connectivity index (χ2n) is 5.67. The molecule has 23 heavy (non-hydrogen) atoms. The van der Waals surface area contributed by atoms with Crippen LogP contribution in [0.2, 0.25) is 0 Å². The molecule has 0 saturated carbocycles. The Morgan fingerprint density at radius 3 is 2.30 bits per heavy atom. The fourth-order valence-corrected chi connectivity index (χ4v) is 4.21. The smallest absolute Gasteiger partial charge is 0.233 e. The Morgan fingerprint density at radius 1 is 0.870 bits per heavy atom. The number of halogens is 1. The molecule has 3 heteroatoms. The number of benzene rings is 3. The van der Waals surface area contributed by atoms with Gasteiger partial charge in [0.2, 0.25) is 5.69 Å². The van der Waals surface area contributed by atoms with Crippen LogP contribution in [0.3, 0.4) is 0 Å². The Bertz CT molecular complexity index is 1060. The van der Waals surface area contributed by atoms with Crippen molar-refractivity contribution in [2.75, 3.05) is 0 Å². The van der Waals surface area contributed by atoms with Gasteiger partial charge in [-0.25, -0.2) is 0 Å². The average Bonchev–Trinajstić information content (AvgIpc) is 2.57. The van der Waals surface area contributed by atoms with Gasteiger partial charge in [-0.1, -0.05) is 42.5 Å². The average molecular weight is 411 g/mol. The Balaban J connectivity index is 2.22. The summed E-state index contributed by atoms with van der Waals surface area (Å²) in [7, 11) is 0. The van der Waals surface area contributed by atoms with Crippen LogP contribution < -0.4 is 4.73 Å². The van der Waals surface area contributed by atoms with E-state index in [2.05, 4.69) is 47.7 Å². The molecular formula is C20H14INO. The zero-order chi connectivity index (χ0) is 16.0. The van der Waals surface area contributed by atoms with E-state index in [1.807, 2.05) is 42.5 Å². The Hall–Kier alpha value is -2.14. The highest BCUT2D eigenvalue weighted by Crippen LogP contribution is 2.36. The molecule has 0 spiro atoms. The van der Waals surface area contributed by atoms with E-state index in [4.69, 9.17) is 0 Å². The van der Waals surface area contributed by atoms with E-state index in [0.29, 0.717) is 0 Å². The lowest BCUT2D eigenvalue weighted by Crippen LogP contribution is -2.29. The van der Waals surface area contributed by atoms with E-state index in [9.17, 15) is 5.21 Å². The van der Waals surface area contributed by atoms with Crippen LogP contribution in [-0.4, -0.2) is 0 Å². The molecule has 1 aromatic heterocycles. The monoisotopic (exact) mass is 411 g/mol. The fraction of sp³-hybridized carbons (Fsp3) is 0.0500. The van der Waals surface area contributed by atoms with Crippen LogP contribution in [0.25, 0.3) is 32.8 Å². The van der Waals surface area contributed by atoms with E-state index in [0.717, 1.165) is 35.7 Å². The SMILES string of the molecule is Cc1cc(I)c(-c2c3ccccc3cc[n+]2[O-])c2ccccc12. The highest BCUT2D eigenvalue weighted by Gasteiger charge is 2.20. The molecule has 4 rings (SSSR count). The van der Waals surface area contributed by atoms with Crippen molar-refractivity contribution in [3.8, 4) is 11.3 Å². The van der Waals surface area contributed by atoms with E-state index < -0.39 is 0 Å². The number of fused-ring (bicyclic) bond motifs is 2. The summed E-state index contributed by atoms with van der Waals surface area (Å²) in [4.78, 5) is 0. The number of pyridine rings is 1. The molecule has 4 aromatic rings. The fourth-order valence-electron chi connectivity index (χ4n) is 3.20. The molecular weight excluding hydrogens is 397 g/mol. The zero-order valence-electron chi connectivity index (χ0n) is 12.6. The molecule has 2 nitrogen and oxygen atoms in total. The van der Waals surface area contributed by atoms with E-state index >= 15 is 0 Å². The first kappa shape index (κ1) is 14.5. The van der Waals surface area contributed by atoms with Crippen LogP contribution in [0.4, 0.5) is 0 Å². The summed E-state index contributed by atoms with van der Waals surface area (Å²) in [5, 5.41) is 17.0. The molecule has 0 saturated heterocycles. The predicted octanol–water partition coefficient (Wildman–Crippen LogP) is 5.21. The molecule has 0 amide bonds. The third-order valence-electron chi connectivity index (χ3n) is 4.27. The largest absolute Gasteiger partial charge is 0.618 e.